The third kappa shape index (κ3) is 5.70. The summed E-state index contributed by atoms with van der Waals surface area (Å²) in [4.78, 5) is 0.353. The zero-order valence-corrected chi connectivity index (χ0v) is 15.6. The van der Waals surface area contributed by atoms with Gasteiger partial charge in [0.05, 0.1) is 4.90 Å². The molecule has 0 unspecified atom stereocenters. The van der Waals surface area contributed by atoms with Gasteiger partial charge in [0.2, 0.25) is 10.0 Å². The molecule has 0 saturated heterocycles. The van der Waals surface area contributed by atoms with Crippen LogP contribution in [0.4, 0.5) is 0 Å². The van der Waals surface area contributed by atoms with E-state index in [9.17, 15) is 8.42 Å². The Bertz CT molecular complexity index is 571. The average molecular weight is 377 g/mol. The van der Waals surface area contributed by atoms with Gasteiger partial charge in [0.25, 0.3) is 0 Å². The topological polar surface area (TPSA) is 58.2 Å². The molecule has 0 atom stereocenters. The molecule has 0 radical (unpaired) electrons. The van der Waals surface area contributed by atoms with Gasteiger partial charge in [0, 0.05) is 17.6 Å². The van der Waals surface area contributed by atoms with Crippen LogP contribution < -0.4 is 10.0 Å². The molecular formula is C15H25BrN2O2S. The van der Waals surface area contributed by atoms with Crippen molar-refractivity contribution < 1.29 is 8.42 Å². The van der Waals surface area contributed by atoms with E-state index in [0.29, 0.717) is 18.0 Å². The van der Waals surface area contributed by atoms with E-state index in [4.69, 9.17) is 0 Å². The van der Waals surface area contributed by atoms with E-state index in [0.717, 1.165) is 28.6 Å². The van der Waals surface area contributed by atoms with E-state index in [1.54, 1.807) is 6.07 Å². The molecular weight excluding hydrogens is 352 g/mol. The molecule has 0 spiro atoms. The molecule has 0 heterocycles. The van der Waals surface area contributed by atoms with Gasteiger partial charge in [-0.3, -0.25) is 0 Å². The Morgan fingerprint density at radius 2 is 1.95 bits per heavy atom. The van der Waals surface area contributed by atoms with Crippen molar-refractivity contribution >= 4 is 26.0 Å². The Morgan fingerprint density at radius 3 is 2.52 bits per heavy atom. The first-order chi connectivity index (χ1) is 9.77. The van der Waals surface area contributed by atoms with Crippen LogP contribution in [0.3, 0.4) is 0 Å². The van der Waals surface area contributed by atoms with Crippen molar-refractivity contribution in [3.63, 3.8) is 0 Å². The van der Waals surface area contributed by atoms with Crippen LogP contribution in [0, 0.1) is 12.8 Å². The molecule has 120 valence electrons. The smallest absolute Gasteiger partial charge is 0.240 e. The average Bonchev–Trinajstić information content (AvgIpc) is 2.40. The number of hydrogen-bond acceptors (Lipinski definition) is 3. The lowest BCUT2D eigenvalue weighted by Gasteiger charge is -2.14. The molecule has 0 aliphatic carbocycles. The lowest BCUT2D eigenvalue weighted by Crippen LogP contribution is -2.28. The fourth-order valence-electron chi connectivity index (χ4n) is 1.85. The molecule has 0 aliphatic heterocycles. The van der Waals surface area contributed by atoms with Crippen LogP contribution in [-0.4, -0.2) is 21.5 Å². The van der Waals surface area contributed by atoms with Crippen LogP contribution in [0.15, 0.2) is 21.5 Å². The molecule has 2 N–H and O–H groups in total. The van der Waals surface area contributed by atoms with Crippen LogP contribution in [0.2, 0.25) is 0 Å². The minimum absolute atomic E-state index is 0.276. The standard InChI is InChI=1S/C15H25BrN2O2S/c1-5-6-17-10-13-7-14(16)12(4)15(8-13)21(19,20)18-9-11(2)3/h7-8,11,17-18H,5-6,9-10H2,1-4H3. The molecule has 21 heavy (non-hydrogen) atoms. The molecule has 4 nitrogen and oxygen atoms in total. The molecule has 1 aromatic carbocycles. The van der Waals surface area contributed by atoms with Gasteiger partial charge in [-0.15, -0.1) is 0 Å². The number of nitrogens with one attached hydrogen (secondary N) is 2. The highest BCUT2D eigenvalue weighted by Gasteiger charge is 2.19. The maximum Gasteiger partial charge on any atom is 0.240 e. The summed E-state index contributed by atoms with van der Waals surface area (Å²) in [6, 6.07) is 3.73. The lowest BCUT2D eigenvalue weighted by atomic mass is 10.1. The van der Waals surface area contributed by atoms with Crippen molar-refractivity contribution in [2.24, 2.45) is 5.92 Å². The highest BCUT2D eigenvalue weighted by Crippen LogP contribution is 2.25. The Labute approximate surface area is 136 Å². The van der Waals surface area contributed by atoms with Gasteiger partial charge >= 0.3 is 0 Å². The first-order valence-electron chi connectivity index (χ1n) is 7.27. The summed E-state index contributed by atoms with van der Waals surface area (Å²) < 4.78 is 28.4. The third-order valence-electron chi connectivity index (χ3n) is 3.08. The van der Waals surface area contributed by atoms with E-state index in [1.807, 2.05) is 26.8 Å². The van der Waals surface area contributed by atoms with Crippen molar-refractivity contribution in [2.75, 3.05) is 13.1 Å². The van der Waals surface area contributed by atoms with E-state index < -0.39 is 10.0 Å². The summed E-state index contributed by atoms with van der Waals surface area (Å²) in [5.41, 5.74) is 1.70. The molecule has 1 rings (SSSR count). The third-order valence-corrected chi connectivity index (χ3v) is 5.46. The summed E-state index contributed by atoms with van der Waals surface area (Å²) >= 11 is 3.46. The van der Waals surface area contributed by atoms with Gasteiger partial charge in [-0.2, -0.15) is 0 Å². The first kappa shape index (κ1) is 18.6. The van der Waals surface area contributed by atoms with Gasteiger partial charge in [0.1, 0.15) is 0 Å². The SMILES string of the molecule is CCCNCc1cc(Br)c(C)c(S(=O)(=O)NCC(C)C)c1. The summed E-state index contributed by atoms with van der Waals surface area (Å²) in [5.74, 6) is 0.276. The van der Waals surface area contributed by atoms with Gasteiger partial charge in [-0.1, -0.05) is 36.7 Å². The molecule has 0 aromatic heterocycles. The van der Waals surface area contributed by atoms with Gasteiger partial charge in [0.15, 0.2) is 0 Å². The molecule has 0 amide bonds. The van der Waals surface area contributed by atoms with E-state index in [-0.39, 0.29) is 5.92 Å². The second-order valence-corrected chi connectivity index (χ2v) is 8.21. The van der Waals surface area contributed by atoms with E-state index in [2.05, 4.69) is 32.9 Å². The highest BCUT2D eigenvalue weighted by atomic mass is 79.9. The Hall–Kier alpha value is -0.430. The molecule has 0 fully saturated rings. The lowest BCUT2D eigenvalue weighted by molar-refractivity contribution is 0.559. The number of halogens is 1. The Kier molecular flexibility index (Phi) is 7.33. The fraction of sp³-hybridized carbons (Fsp3) is 0.600. The van der Waals surface area contributed by atoms with Crippen LogP contribution in [0.5, 0.6) is 0 Å². The summed E-state index contributed by atoms with van der Waals surface area (Å²) in [6.45, 7) is 9.91. The van der Waals surface area contributed by atoms with Gasteiger partial charge < -0.3 is 5.32 Å². The second kappa shape index (κ2) is 8.27. The zero-order valence-electron chi connectivity index (χ0n) is 13.2. The Balaban J connectivity index is 3.04. The summed E-state index contributed by atoms with van der Waals surface area (Å²) in [7, 11) is -3.47. The van der Waals surface area contributed by atoms with Crippen LogP contribution in [0.25, 0.3) is 0 Å². The monoisotopic (exact) mass is 376 g/mol. The van der Waals surface area contributed by atoms with Gasteiger partial charge in [-0.05, 0) is 49.1 Å². The van der Waals surface area contributed by atoms with Crippen molar-refractivity contribution in [1.82, 2.24) is 10.0 Å². The van der Waals surface area contributed by atoms with Crippen molar-refractivity contribution in [1.29, 1.82) is 0 Å². The minimum Gasteiger partial charge on any atom is -0.313 e. The molecule has 0 bridgehead atoms. The van der Waals surface area contributed by atoms with Crippen LogP contribution in [-0.2, 0) is 16.6 Å². The summed E-state index contributed by atoms with van der Waals surface area (Å²) in [5, 5.41) is 3.29. The molecule has 6 heteroatoms. The van der Waals surface area contributed by atoms with Gasteiger partial charge in [-0.25, -0.2) is 13.1 Å². The zero-order chi connectivity index (χ0) is 16.0. The molecule has 0 aliphatic rings. The molecule has 1 aromatic rings. The predicted octanol–water partition coefficient (Wildman–Crippen LogP) is 3.19. The van der Waals surface area contributed by atoms with Crippen molar-refractivity contribution in [3.05, 3.63) is 27.7 Å². The number of benzene rings is 1. The molecule has 0 saturated carbocycles. The quantitative estimate of drug-likeness (QED) is 0.684. The number of sulfonamides is 1. The Morgan fingerprint density at radius 1 is 1.29 bits per heavy atom. The van der Waals surface area contributed by atoms with E-state index >= 15 is 0 Å². The minimum atomic E-state index is -3.47. The highest BCUT2D eigenvalue weighted by molar-refractivity contribution is 9.10. The van der Waals surface area contributed by atoms with E-state index in [1.165, 1.54) is 0 Å². The largest absolute Gasteiger partial charge is 0.313 e. The van der Waals surface area contributed by atoms with Crippen LogP contribution >= 0.6 is 15.9 Å². The van der Waals surface area contributed by atoms with Crippen LogP contribution in [0.1, 0.15) is 38.3 Å². The predicted molar refractivity (Wildman–Crippen MR) is 90.9 cm³/mol. The van der Waals surface area contributed by atoms with Crippen molar-refractivity contribution in [3.8, 4) is 0 Å². The first-order valence-corrected chi connectivity index (χ1v) is 9.55. The number of rotatable bonds is 8. The number of hydrogen-bond donors (Lipinski definition) is 2. The van der Waals surface area contributed by atoms with Crippen molar-refractivity contribution in [2.45, 2.75) is 45.6 Å². The normalized spacial score (nSPS) is 12.1. The second-order valence-electron chi connectivity index (χ2n) is 5.62. The maximum atomic E-state index is 12.4. The maximum absolute atomic E-state index is 12.4. The fourth-order valence-corrected chi connectivity index (χ4v) is 4.02. The summed E-state index contributed by atoms with van der Waals surface area (Å²) in [6.07, 6.45) is 1.05.